The molecule has 0 atom stereocenters. The molecule has 0 aromatic heterocycles. The fourth-order valence-electron chi connectivity index (χ4n) is 1.38. The number of carbonyl (C=O) groups is 2. The van der Waals surface area contributed by atoms with E-state index in [1.54, 1.807) is 23.9 Å². The zero-order valence-electron chi connectivity index (χ0n) is 11.2. The fourth-order valence-corrected chi connectivity index (χ4v) is 2.42. The molecule has 4 nitrogen and oxygen atoms in total. The van der Waals surface area contributed by atoms with Gasteiger partial charge in [-0.15, -0.1) is 0 Å². The van der Waals surface area contributed by atoms with Crippen LogP contribution in [0.4, 0.5) is 5.69 Å². The topological polar surface area (TPSA) is 66.4 Å². The summed E-state index contributed by atoms with van der Waals surface area (Å²) in [6, 6.07) is 6.15. The third-order valence-corrected chi connectivity index (χ3v) is 3.48. The predicted molar refractivity (Wildman–Crippen MR) is 78.8 cm³/mol. The Morgan fingerprint density at radius 3 is 2.42 bits per heavy atom. The quantitative estimate of drug-likeness (QED) is 0.754. The molecular weight excluding hydrogens is 262 g/mol. The third kappa shape index (κ3) is 6.29. The number of benzene rings is 1. The number of hydrogen-bond donors (Lipinski definition) is 2. The van der Waals surface area contributed by atoms with Crippen LogP contribution in [0.1, 0.15) is 30.6 Å². The Labute approximate surface area is 117 Å². The van der Waals surface area contributed by atoms with Gasteiger partial charge < -0.3 is 10.4 Å². The summed E-state index contributed by atoms with van der Waals surface area (Å²) in [6.45, 7) is 4.31. The van der Waals surface area contributed by atoms with E-state index >= 15 is 0 Å². The molecule has 1 rings (SSSR count). The molecule has 104 valence electrons. The van der Waals surface area contributed by atoms with E-state index in [9.17, 15) is 9.59 Å². The lowest BCUT2D eigenvalue weighted by molar-refractivity contribution is -0.113. The molecule has 0 aliphatic carbocycles. The fraction of sp³-hybridized carbons (Fsp3) is 0.429. The lowest BCUT2D eigenvalue weighted by Crippen LogP contribution is -2.14. The minimum absolute atomic E-state index is 0.0585. The molecule has 1 aromatic carbocycles. The monoisotopic (exact) mass is 281 g/mol. The molecule has 2 N–H and O–H groups in total. The van der Waals surface area contributed by atoms with E-state index in [0.717, 1.165) is 12.2 Å². The average Bonchev–Trinajstić information content (AvgIpc) is 2.35. The van der Waals surface area contributed by atoms with Gasteiger partial charge in [-0.3, -0.25) is 4.79 Å². The van der Waals surface area contributed by atoms with E-state index in [-0.39, 0.29) is 11.5 Å². The zero-order chi connectivity index (χ0) is 14.3. The highest BCUT2D eigenvalue weighted by Crippen LogP contribution is 2.12. The van der Waals surface area contributed by atoms with E-state index in [1.807, 2.05) is 0 Å². The number of anilines is 1. The molecule has 0 unspecified atom stereocenters. The molecule has 0 bridgehead atoms. The van der Waals surface area contributed by atoms with E-state index in [4.69, 9.17) is 5.11 Å². The van der Waals surface area contributed by atoms with Crippen molar-refractivity contribution >= 4 is 29.3 Å². The number of rotatable bonds is 7. The highest BCUT2D eigenvalue weighted by atomic mass is 32.2. The van der Waals surface area contributed by atoms with Crippen molar-refractivity contribution in [2.45, 2.75) is 20.3 Å². The summed E-state index contributed by atoms with van der Waals surface area (Å²) in [6.07, 6.45) is 1.10. The maximum absolute atomic E-state index is 11.6. The third-order valence-electron chi connectivity index (χ3n) is 2.49. The average molecular weight is 281 g/mol. The van der Waals surface area contributed by atoms with Crippen molar-refractivity contribution in [2.24, 2.45) is 5.92 Å². The maximum Gasteiger partial charge on any atom is 0.335 e. The van der Waals surface area contributed by atoms with Gasteiger partial charge in [0.25, 0.3) is 0 Å². The Hall–Kier alpha value is -1.49. The van der Waals surface area contributed by atoms with Gasteiger partial charge in [0.05, 0.1) is 11.3 Å². The van der Waals surface area contributed by atoms with Crippen molar-refractivity contribution in [3.05, 3.63) is 29.8 Å². The van der Waals surface area contributed by atoms with Gasteiger partial charge in [0, 0.05) is 5.69 Å². The van der Waals surface area contributed by atoms with Crippen molar-refractivity contribution < 1.29 is 14.7 Å². The maximum atomic E-state index is 11.6. The van der Waals surface area contributed by atoms with Crippen molar-refractivity contribution in [3.8, 4) is 0 Å². The smallest absolute Gasteiger partial charge is 0.335 e. The number of carbonyl (C=O) groups excluding carboxylic acids is 1. The van der Waals surface area contributed by atoms with E-state index < -0.39 is 5.97 Å². The first-order valence-electron chi connectivity index (χ1n) is 6.20. The Bertz CT molecular complexity index is 429. The van der Waals surface area contributed by atoms with Crippen LogP contribution in [0.15, 0.2) is 24.3 Å². The minimum Gasteiger partial charge on any atom is -0.478 e. The SMILES string of the molecule is CC(C)CCSCC(=O)Nc1ccc(C(=O)O)cc1. The summed E-state index contributed by atoms with van der Waals surface area (Å²) in [5, 5.41) is 11.5. The number of carboxylic acid groups (broad SMARTS) is 1. The summed E-state index contributed by atoms with van der Waals surface area (Å²) in [5.41, 5.74) is 0.837. The number of nitrogens with one attached hydrogen (secondary N) is 1. The van der Waals surface area contributed by atoms with Gasteiger partial charge in [-0.05, 0) is 42.4 Å². The van der Waals surface area contributed by atoms with Crippen LogP contribution >= 0.6 is 11.8 Å². The summed E-state index contributed by atoms with van der Waals surface area (Å²) >= 11 is 1.61. The van der Waals surface area contributed by atoms with Crippen LogP contribution in [-0.2, 0) is 4.79 Å². The molecule has 0 fully saturated rings. The Kier molecular flexibility index (Phi) is 6.42. The highest BCUT2D eigenvalue weighted by Gasteiger charge is 2.05. The minimum atomic E-state index is -0.970. The molecule has 0 saturated heterocycles. The number of amides is 1. The molecular formula is C14H19NO3S. The van der Waals surface area contributed by atoms with Crippen LogP contribution in [0.2, 0.25) is 0 Å². The van der Waals surface area contributed by atoms with Crippen molar-refractivity contribution in [1.82, 2.24) is 0 Å². The standard InChI is InChI=1S/C14H19NO3S/c1-10(2)7-8-19-9-13(16)15-12-5-3-11(4-6-12)14(17)18/h3-6,10H,7-9H2,1-2H3,(H,15,16)(H,17,18). The normalized spacial score (nSPS) is 10.5. The van der Waals surface area contributed by atoms with Crippen molar-refractivity contribution in [1.29, 1.82) is 0 Å². The molecule has 1 aromatic rings. The molecule has 5 heteroatoms. The highest BCUT2D eigenvalue weighted by molar-refractivity contribution is 7.99. The van der Waals surface area contributed by atoms with E-state index in [1.165, 1.54) is 12.1 Å². The first-order valence-corrected chi connectivity index (χ1v) is 7.35. The predicted octanol–water partition coefficient (Wildman–Crippen LogP) is 3.10. The second kappa shape index (κ2) is 7.84. The lowest BCUT2D eigenvalue weighted by atomic mass is 10.2. The second-order valence-electron chi connectivity index (χ2n) is 4.67. The van der Waals surface area contributed by atoms with Crippen LogP contribution < -0.4 is 5.32 Å². The van der Waals surface area contributed by atoms with Crippen molar-refractivity contribution in [2.75, 3.05) is 16.8 Å². The first-order chi connectivity index (χ1) is 8.99. The molecule has 0 radical (unpaired) electrons. The molecule has 0 saturated carbocycles. The number of carboxylic acids is 1. The van der Waals surface area contributed by atoms with Gasteiger partial charge in [0.15, 0.2) is 0 Å². The van der Waals surface area contributed by atoms with Crippen LogP contribution in [0.5, 0.6) is 0 Å². The van der Waals surface area contributed by atoms with Gasteiger partial charge in [0.1, 0.15) is 0 Å². The Morgan fingerprint density at radius 2 is 1.89 bits per heavy atom. The molecule has 0 aliphatic heterocycles. The van der Waals surface area contributed by atoms with Gasteiger partial charge in [-0.25, -0.2) is 4.79 Å². The second-order valence-corrected chi connectivity index (χ2v) is 5.77. The summed E-state index contributed by atoms with van der Waals surface area (Å²) in [4.78, 5) is 22.3. The van der Waals surface area contributed by atoms with Crippen LogP contribution in [0.3, 0.4) is 0 Å². The Balaban J connectivity index is 2.34. The van der Waals surface area contributed by atoms with Gasteiger partial charge in [-0.2, -0.15) is 11.8 Å². The summed E-state index contributed by atoms with van der Waals surface area (Å²) < 4.78 is 0. The van der Waals surface area contributed by atoms with Gasteiger partial charge >= 0.3 is 5.97 Å². The van der Waals surface area contributed by atoms with Crippen molar-refractivity contribution in [3.63, 3.8) is 0 Å². The summed E-state index contributed by atoms with van der Waals surface area (Å²) in [7, 11) is 0. The molecule has 0 spiro atoms. The zero-order valence-corrected chi connectivity index (χ0v) is 12.0. The van der Waals surface area contributed by atoms with Crippen LogP contribution in [0, 0.1) is 5.92 Å². The van der Waals surface area contributed by atoms with E-state index in [2.05, 4.69) is 19.2 Å². The molecule has 1 amide bonds. The van der Waals surface area contributed by atoms with Crippen LogP contribution in [-0.4, -0.2) is 28.5 Å². The first kappa shape index (κ1) is 15.6. The van der Waals surface area contributed by atoms with Gasteiger partial charge in [-0.1, -0.05) is 13.8 Å². The lowest BCUT2D eigenvalue weighted by Gasteiger charge is -2.06. The molecule has 0 heterocycles. The van der Waals surface area contributed by atoms with E-state index in [0.29, 0.717) is 17.4 Å². The largest absolute Gasteiger partial charge is 0.478 e. The Morgan fingerprint density at radius 1 is 1.26 bits per heavy atom. The molecule has 0 aliphatic rings. The number of aromatic carboxylic acids is 1. The summed E-state index contributed by atoms with van der Waals surface area (Å²) in [5.74, 6) is 1.02. The van der Waals surface area contributed by atoms with Crippen LogP contribution in [0.25, 0.3) is 0 Å². The number of hydrogen-bond acceptors (Lipinski definition) is 3. The van der Waals surface area contributed by atoms with Gasteiger partial charge in [0.2, 0.25) is 5.91 Å². The molecule has 19 heavy (non-hydrogen) atoms. The number of thioether (sulfide) groups is 1.